The largest absolute Gasteiger partial charge is 0.397 e. The second-order valence-electron chi connectivity index (χ2n) is 5.49. The zero-order chi connectivity index (χ0) is 15.0. The molecule has 1 aromatic heterocycles. The van der Waals surface area contributed by atoms with Gasteiger partial charge in [-0.05, 0) is 18.9 Å². The molecular formula is C14H17ClN4O2. The lowest BCUT2D eigenvalue weighted by Crippen LogP contribution is -2.51. The first-order chi connectivity index (χ1) is 10.1. The predicted molar refractivity (Wildman–Crippen MR) is 78.9 cm³/mol. The molecule has 21 heavy (non-hydrogen) atoms. The topological polar surface area (TPSA) is 79.5 Å². The van der Waals surface area contributed by atoms with Gasteiger partial charge in [0.1, 0.15) is 5.15 Å². The van der Waals surface area contributed by atoms with Gasteiger partial charge in [-0.1, -0.05) is 11.6 Å². The molecule has 0 radical (unpaired) electrons. The standard InChI is InChI=1S/C14H17ClN4O2/c15-12-7-10(11(16)8-17-12)14(21)19-5-3-18(4-6-19)13(20)9-1-2-9/h7-9H,1-6,16H2. The first kappa shape index (κ1) is 14.1. The van der Waals surface area contributed by atoms with Crippen LogP contribution in [0.25, 0.3) is 0 Å². The number of amides is 2. The summed E-state index contributed by atoms with van der Waals surface area (Å²) in [5.41, 5.74) is 6.48. The van der Waals surface area contributed by atoms with Crippen molar-refractivity contribution in [1.29, 1.82) is 0 Å². The van der Waals surface area contributed by atoms with Crippen molar-refractivity contribution in [2.45, 2.75) is 12.8 Å². The van der Waals surface area contributed by atoms with Crippen LogP contribution < -0.4 is 5.73 Å². The lowest BCUT2D eigenvalue weighted by molar-refractivity contribution is -0.134. The number of nitrogens with zero attached hydrogens (tertiary/aromatic N) is 3. The number of piperazine rings is 1. The van der Waals surface area contributed by atoms with Crippen molar-refractivity contribution >= 4 is 29.1 Å². The van der Waals surface area contributed by atoms with Crippen LogP contribution in [0.3, 0.4) is 0 Å². The smallest absolute Gasteiger partial charge is 0.256 e. The highest BCUT2D eigenvalue weighted by molar-refractivity contribution is 6.29. The molecule has 2 N–H and O–H groups in total. The molecular weight excluding hydrogens is 292 g/mol. The molecule has 0 atom stereocenters. The molecule has 1 saturated heterocycles. The van der Waals surface area contributed by atoms with E-state index in [1.165, 1.54) is 12.3 Å². The molecule has 3 rings (SSSR count). The number of hydrogen-bond acceptors (Lipinski definition) is 4. The normalized spacial score (nSPS) is 18.7. The average Bonchev–Trinajstić information content (AvgIpc) is 3.33. The van der Waals surface area contributed by atoms with Gasteiger partial charge in [0, 0.05) is 32.1 Å². The number of nitrogen functional groups attached to an aromatic ring is 1. The van der Waals surface area contributed by atoms with E-state index in [1.807, 2.05) is 4.90 Å². The Morgan fingerprint density at radius 3 is 2.43 bits per heavy atom. The van der Waals surface area contributed by atoms with Crippen LogP contribution in [0.1, 0.15) is 23.2 Å². The van der Waals surface area contributed by atoms with Gasteiger partial charge in [0.2, 0.25) is 5.91 Å². The van der Waals surface area contributed by atoms with Crippen LogP contribution in [-0.2, 0) is 4.79 Å². The molecule has 2 heterocycles. The summed E-state index contributed by atoms with van der Waals surface area (Å²) in [5.74, 6) is 0.297. The van der Waals surface area contributed by atoms with Gasteiger partial charge in [-0.15, -0.1) is 0 Å². The van der Waals surface area contributed by atoms with Crippen LogP contribution in [-0.4, -0.2) is 52.8 Å². The van der Waals surface area contributed by atoms with Crippen molar-refractivity contribution in [2.75, 3.05) is 31.9 Å². The quantitative estimate of drug-likeness (QED) is 0.827. The summed E-state index contributed by atoms with van der Waals surface area (Å²) in [6, 6.07) is 1.49. The third kappa shape index (κ3) is 2.95. The first-order valence-electron chi connectivity index (χ1n) is 7.05. The molecule has 1 aromatic rings. The number of carbonyl (C=O) groups is 2. The summed E-state index contributed by atoms with van der Waals surface area (Å²) in [5, 5.41) is 0.245. The van der Waals surface area contributed by atoms with Crippen LogP contribution in [0, 0.1) is 5.92 Å². The van der Waals surface area contributed by atoms with Crippen molar-refractivity contribution in [3.63, 3.8) is 0 Å². The SMILES string of the molecule is Nc1cnc(Cl)cc1C(=O)N1CCN(C(=O)C2CC2)CC1. The van der Waals surface area contributed by atoms with E-state index in [0.717, 1.165) is 12.8 Å². The number of carbonyl (C=O) groups excluding carboxylic acids is 2. The highest BCUT2D eigenvalue weighted by Crippen LogP contribution is 2.31. The van der Waals surface area contributed by atoms with Gasteiger partial charge in [-0.2, -0.15) is 0 Å². The number of hydrogen-bond donors (Lipinski definition) is 1. The Bertz CT molecular complexity index is 580. The molecule has 0 spiro atoms. The van der Waals surface area contributed by atoms with Crippen LogP contribution >= 0.6 is 11.6 Å². The molecule has 7 heteroatoms. The Morgan fingerprint density at radius 2 is 1.81 bits per heavy atom. The number of halogens is 1. The summed E-state index contributed by atoms with van der Waals surface area (Å²) in [7, 11) is 0. The molecule has 0 bridgehead atoms. The minimum Gasteiger partial charge on any atom is -0.397 e. The fourth-order valence-electron chi connectivity index (χ4n) is 2.51. The fraction of sp³-hybridized carbons (Fsp3) is 0.500. The Balaban J connectivity index is 1.64. The van der Waals surface area contributed by atoms with E-state index in [1.54, 1.807) is 4.90 Å². The van der Waals surface area contributed by atoms with Crippen molar-refractivity contribution in [2.24, 2.45) is 5.92 Å². The van der Waals surface area contributed by atoms with Crippen LogP contribution in [0.5, 0.6) is 0 Å². The monoisotopic (exact) mass is 308 g/mol. The lowest BCUT2D eigenvalue weighted by atomic mass is 10.2. The van der Waals surface area contributed by atoms with E-state index >= 15 is 0 Å². The second-order valence-corrected chi connectivity index (χ2v) is 5.87. The molecule has 1 saturated carbocycles. The molecule has 1 aliphatic carbocycles. The van der Waals surface area contributed by atoms with Crippen LogP contribution in [0.4, 0.5) is 5.69 Å². The summed E-state index contributed by atoms with van der Waals surface area (Å²) in [6.45, 7) is 2.22. The van der Waals surface area contributed by atoms with E-state index < -0.39 is 0 Å². The van der Waals surface area contributed by atoms with E-state index in [2.05, 4.69) is 4.98 Å². The molecule has 2 amide bonds. The third-order valence-electron chi connectivity index (χ3n) is 3.94. The van der Waals surface area contributed by atoms with Crippen LogP contribution in [0.2, 0.25) is 5.15 Å². The summed E-state index contributed by atoms with van der Waals surface area (Å²) < 4.78 is 0. The zero-order valence-corrected chi connectivity index (χ0v) is 12.3. The van der Waals surface area contributed by atoms with E-state index in [4.69, 9.17) is 17.3 Å². The third-order valence-corrected chi connectivity index (χ3v) is 4.14. The van der Waals surface area contributed by atoms with Crippen molar-refractivity contribution in [3.8, 4) is 0 Å². The molecule has 0 unspecified atom stereocenters. The predicted octanol–water partition coefficient (Wildman–Crippen LogP) is 1.01. The fourth-order valence-corrected chi connectivity index (χ4v) is 2.67. The highest BCUT2D eigenvalue weighted by atomic mass is 35.5. The molecule has 112 valence electrons. The number of anilines is 1. The van der Waals surface area contributed by atoms with E-state index in [-0.39, 0.29) is 22.9 Å². The van der Waals surface area contributed by atoms with Gasteiger partial charge in [0.05, 0.1) is 17.4 Å². The van der Waals surface area contributed by atoms with E-state index in [9.17, 15) is 9.59 Å². The summed E-state index contributed by atoms with van der Waals surface area (Å²) >= 11 is 5.82. The van der Waals surface area contributed by atoms with Gasteiger partial charge in [-0.25, -0.2) is 4.98 Å². The molecule has 6 nitrogen and oxygen atoms in total. The second kappa shape index (κ2) is 5.52. The van der Waals surface area contributed by atoms with Gasteiger partial charge >= 0.3 is 0 Å². The summed E-state index contributed by atoms with van der Waals surface area (Å²) in [6.07, 6.45) is 3.40. The molecule has 0 aromatic carbocycles. The zero-order valence-electron chi connectivity index (χ0n) is 11.6. The Kier molecular flexibility index (Phi) is 3.71. The summed E-state index contributed by atoms with van der Waals surface area (Å²) in [4.78, 5) is 31.8. The minimum atomic E-state index is -0.157. The number of nitrogens with two attached hydrogens (primary N) is 1. The Morgan fingerprint density at radius 1 is 1.19 bits per heavy atom. The van der Waals surface area contributed by atoms with Gasteiger partial charge in [0.15, 0.2) is 0 Å². The maximum atomic E-state index is 12.5. The molecule has 2 aliphatic rings. The Hall–Kier alpha value is -1.82. The highest BCUT2D eigenvalue weighted by Gasteiger charge is 2.35. The Labute approximate surface area is 127 Å². The average molecular weight is 309 g/mol. The number of pyridine rings is 1. The van der Waals surface area contributed by atoms with Gasteiger partial charge < -0.3 is 15.5 Å². The van der Waals surface area contributed by atoms with E-state index in [0.29, 0.717) is 37.4 Å². The maximum absolute atomic E-state index is 12.5. The van der Waals surface area contributed by atoms with Crippen molar-refractivity contribution < 1.29 is 9.59 Å². The minimum absolute atomic E-state index is 0.157. The molecule has 1 aliphatic heterocycles. The maximum Gasteiger partial charge on any atom is 0.256 e. The lowest BCUT2D eigenvalue weighted by Gasteiger charge is -2.35. The van der Waals surface area contributed by atoms with Crippen molar-refractivity contribution in [3.05, 3.63) is 23.0 Å². The number of aromatic nitrogens is 1. The van der Waals surface area contributed by atoms with Gasteiger partial charge in [0.25, 0.3) is 5.91 Å². The number of rotatable bonds is 2. The first-order valence-corrected chi connectivity index (χ1v) is 7.43. The van der Waals surface area contributed by atoms with Gasteiger partial charge in [-0.3, -0.25) is 9.59 Å². The molecule has 2 fully saturated rings. The van der Waals surface area contributed by atoms with Crippen LogP contribution in [0.15, 0.2) is 12.3 Å². The van der Waals surface area contributed by atoms with Crippen molar-refractivity contribution in [1.82, 2.24) is 14.8 Å².